The van der Waals surface area contributed by atoms with Gasteiger partial charge in [-0.15, -0.1) is 0 Å². The quantitative estimate of drug-likeness (QED) is 0.403. The molecule has 0 aromatic carbocycles. The van der Waals surface area contributed by atoms with E-state index in [4.69, 9.17) is 4.74 Å². The highest BCUT2D eigenvalue weighted by Gasteiger charge is 1.98. The fourth-order valence-electron chi connectivity index (χ4n) is 1.68. The molecule has 0 radical (unpaired) electrons. The molecular weight excluding hydrogens is 204 g/mol. The number of esters is 1. The highest BCUT2D eigenvalue weighted by atomic mass is 16.5. The number of hydrogen-bond donors (Lipinski definition) is 0. The van der Waals surface area contributed by atoms with Crippen molar-refractivity contribution in [3.8, 4) is 0 Å². The summed E-state index contributed by atoms with van der Waals surface area (Å²) in [6.45, 7) is 0.888. The summed E-state index contributed by atoms with van der Waals surface area (Å²) in [7, 11) is 3.20. The van der Waals surface area contributed by atoms with Gasteiger partial charge in [-0.1, -0.05) is 38.5 Å². The fourth-order valence-corrected chi connectivity index (χ4v) is 1.68. The topological polar surface area (TPSA) is 35.5 Å². The van der Waals surface area contributed by atoms with E-state index >= 15 is 0 Å². The van der Waals surface area contributed by atoms with Crippen molar-refractivity contribution in [2.45, 2.75) is 57.8 Å². The Bertz CT molecular complexity index is 157. The van der Waals surface area contributed by atoms with E-state index < -0.39 is 0 Å². The van der Waals surface area contributed by atoms with Crippen LogP contribution in [0.25, 0.3) is 0 Å². The lowest BCUT2D eigenvalue weighted by Crippen LogP contribution is -1.99. The summed E-state index contributed by atoms with van der Waals surface area (Å²) in [5, 5.41) is 0. The number of ether oxygens (including phenoxy) is 2. The summed E-state index contributed by atoms with van der Waals surface area (Å²) in [6.07, 6.45) is 10.3. The highest BCUT2D eigenvalue weighted by molar-refractivity contribution is 5.68. The molecule has 0 spiro atoms. The molecule has 0 bridgehead atoms. The summed E-state index contributed by atoms with van der Waals surface area (Å²) in [6, 6.07) is 0. The predicted octanol–water partition coefficient (Wildman–Crippen LogP) is 3.32. The van der Waals surface area contributed by atoms with Gasteiger partial charge in [0.15, 0.2) is 0 Å². The van der Waals surface area contributed by atoms with Crippen molar-refractivity contribution in [2.75, 3.05) is 20.8 Å². The summed E-state index contributed by atoms with van der Waals surface area (Å²) >= 11 is 0. The van der Waals surface area contributed by atoms with Crippen molar-refractivity contribution in [2.24, 2.45) is 0 Å². The van der Waals surface area contributed by atoms with Crippen molar-refractivity contribution in [1.82, 2.24) is 0 Å². The molecule has 0 aliphatic carbocycles. The number of unbranched alkanes of at least 4 members (excludes halogenated alkanes) is 7. The summed E-state index contributed by atoms with van der Waals surface area (Å²) in [5.41, 5.74) is 0. The molecule has 0 fully saturated rings. The molecule has 0 rings (SSSR count). The van der Waals surface area contributed by atoms with Crippen LogP contribution in [0.2, 0.25) is 0 Å². The molecule has 96 valence electrons. The van der Waals surface area contributed by atoms with Crippen molar-refractivity contribution in [3.05, 3.63) is 0 Å². The van der Waals surface area contributed by atoms with Crippen LogP contribution in [0.15, 0.2) is 0 Å². The molecule has 16 heavy (non-hydrogen) atoms. The molecule has 0 atom stereocenters. The lowest BCUT2D eigenvalue weighted by Gasteiger charge is -2.02. The summed E-state index contributed by atoms with van der Waals surface area (Å²) < 4.78 is 9.57. The van der Waals surface area contributed by atoms with Gasteiger partial charge in [-0.25, -0.2) is 0 Å². The maximum Gasteiger partial charge on any atom is 0.305 e. The third-order valence-corrected chi connectivity index (χ3v) is 2.71. The normalized spacial score (nSPS) is 10.4. The Kier molecular flexibility index (Phi) is 12.1. The Morgan fingerprint density at radius 3 is 1.81 bits per heavy atom. The second-order valence-electron chi connectivity index (χ2n) is 4.15. The van der Waals surface area contributed by atoms with Gasteiger partial charge in [0, 0.05) is 20.1 Å². The van der Waals surface area contributed by atoms with E-state index in [0.29, 0.717) is 6.42 Å². The van der Waals surface area contributed by atoms with Crippen LogP contribution < -0.4 is 0 Å². The van der Waals surface area contributed by atoms with Crippen molar-refractivity contribution >= 4 is 5.97 Å². The van der Waals surface area contributed by atoms with Gasteiger partial charge in [-0.05, 0) is 12.8 Å². The van der Waals surface area contributed by atoms with Crippen LogP contribution in [0.4, 0.5) is 0 Å². The van der Waals surface area contributed by atoms with Gasteiger partial charge in [0.2, 0.25) is 0 Å². The number of rotatable bonds is 11. The molecule has 0 amide bonds. The number of methoxy groups -OCH3 is 2. The minimum Gasteiger partial charge on any atom is -0.469 e. The maximum absolute atomic E-state index is 10.8. The van der Waals surface area contributed by atoms with Gasteiger partial charge >= 0.3 is 5.97 Å². The second kappa shape index (κ2) is 12.5. The number of carbonyl (C=O) groups excluding carboxylic acids is 1. The first-order valence-electron chi connectivity index (χ1n) is 6.37. The lowest BCUT2D eigenvalue weighted by molar-refractivity contribution is -0.140. The lowest BCUT2D eigenvalue weighted by atomic mass is 10.1. The van der Waals surface area contributed by atoms with E-state index in [1.807, 2.05) is 0 Å². The van der Waals surface area contributed by atoms with E-state index in [2.05, 4.69) is 4.74 Å². The van der Waals surface area contributed by atoms with Gasteiger partial charge in [-0.3, -0.25) is 4.79 Å². The molecule has 0 N–H and O–H groups in total. The SMILES string of the molecule is COCCCCCCCCCCC(=O)OC. The largest absolute Gasteiger partial charge is 0.469 e. The minimum atomic E-state index is -0.0837. The molecule has 0 aliphatic rings. The number of hydrogen-bond acceptors (Lipinski definition) is 3. The van der Waals surface area contributed by atoms with Crippen LogP contribution in [-0.4, -0.2) is 26.8 Å². The Morgan fingerprint density at radius 2 is 1.31 bits per heavy atom. The number of carbonyl (C=O) groups is 1. The molecular formula is C13H26O3. The first-order chi connectivity index (χ1) is 7.81. The molecule has 3 nitrogen and oxygen atoms in total. The molecule has 0 saturated heterocycles. The molecule has 0 heterocycles. The van der Waals surface area contributed by atoms with Crippen LogP contribution in [-0.2, 0) is 14.3 Å². The van der Waals surface area contributed by atoms with Crippen LogP contribution in [0.1, 0.15) is 57.8 Å². The van der Waals surface area contributed by atoms with Gasteiger partial charge < -0.3 is 9.47 Å². The average Bonchev–Trinajstić information content (AvgIpc) is 2.31. The third kappa shape index (κ3) is 11.5. The molecule has 3 heteroatoms. The van der Waals surface area contributed by atoms with Crippen molar-refractivity contribution < 1.29 is 14.3 Å². The second-order valence-corrected chi connectivity index (χ2v) is 4.15. The van der Waals surface area contributed by atoms with E-state index in [1.54, 1.807) is 7.11 Å². The Balaban J connectivity index is 2.96. The first kappa shape index (κ1) is 15.4. The predicted molar refractivity (Wildman–Crippen MR) is 65.4 cm³/mol. The fraction of sp³-hybridized carbons (Fsp3) is 0.923. The van der Waals surface area contributed by atoms with E-state index in [1.165, 1.54) is 45.6 Å². The van der Waals surface area contributed by atoms with E-state index in [0.717, 1.165) is 19.4 Å². The third-order valence-electron chi connectivity index (χ3n) is 2.71. The Hall–Kier alpha value is -0.570. The van der Waals surface area contributed by atoms with Crippen LogP contribution >= 0.6 is 0 Å². The molecule has 0 aliphatic heterocycles. The Morgan fingerprint density at radius 1 is 0.812 bits per heavy atom. The summed E-state index contributed by atoms with van der Waals surface area (Å²) in [5.74, 6) is -0.0837. The molecule has 0 aromatic heterocycles. The van der Waals surface area contributed by atoms with E-state index in [-0.39, 0.29) is 5.97 Å². The maximum atomic E-state index is 10.8. The first-order valence-corrected chi connectivity index (χ1v) is 6.37. The van der Waals surface area contributed by atoms with Crippen LogP contribution in [0.5, 0.6) is 0 Å². The van der Waals surface area contributed by atoms with Gasteiger partial charge in [0.05, 0.1) is 7.11 Å². The molecule has 0 unspecified atom stereocenters. The van der Waals surface area contributed by atoms with E-state index in [9.17, 15) is 4.79 Å². The van der Waals surface area contributed by atoms with Gasteiger partial charge in [0.25, 0.3) is 0 Å². The van der Waals surface area contributed by atoms with Crippen LogP contribution in [0.3, 0.4) is 0 Å². The minimum absolute atomic E-state index is 0.0837. The zero-order valence-electron chi connectivity index (χ0n) is 10.8. The van der Waals surface area contributed by atoms with Gasteiger partial charge in [0.1, 0.15) is 0 Å². The standard InChI is InChI=1S/C13H26O3/c1-15-12-10-8-6-4-3-5-7-9-11-13(14)16-2/h3-12H2,1-2H3. The molecule has 0 aromatic rings. The highest BCUT2D eigenvalue weighted by Crippen LogP contribution is 2.09. The monoisotopic (exact) mass is 230 g/mol. The average molecular weight is 230 g/mol. The smallest absolute Gasteiger partial charge is 0.305 e. The summed E-state index contributed by atoms with van der Waals surface area (Å²) in [4.78, 5) is 10.8. The zero-order valence-corrected chi connectivity index (χ0v) is 10.8. The van der Waals surface area contributed by atoms with Crippen molar-refractivity contribution in [1.29, 1.82) is 0 Å². The van der Waals surface area contributed by atoms with Crippen molar-refractivity contribution in [3.63, 3.8) is 0 Å². The molecule has 0 saturated carbocycles. The Labute approximate surface area is 99.5 Å². The zero-order chi connectivity index (χ0) is 12.1. The van der Waals surface area contributed by atoms with Gasteiger partial charge in [-0.2, -0.15) is 0 Å². The van der Waals surface area contributed by atoms with Crippen LogP contribution in [0, 0.1) is 0 Å².